The van der Waals surface area contributed by atoms with Crippen molar-refractivity contribution in [2.75, 3.05) is 20.8 Å². The molecule has 0 radical (unpaired) electrons. The van der Waals surface area contributed by atoms with Crippen LogP contribution in [0.4, 0.5) is 4.39 Å². The van der Waals surface area contributed by atoms with E-state index in [1.165, 1.54) is 24.3 Å². The molecular formula is C20H20FN3O5. The van der Waals surface area contributed by atoms with Gasteiger partial charge in [-0.25, -0.2) is 9.18 Å². The summed E-state index contributed by atoms with van der Waals surface area (Å²) in [4.78, 5) is 24.0. The second kappa shape index (κ2) is 9.05. The van der Waals surface area contributed by atoms with Crippen LogP contribution >= 0.6 is 0 Å². The zero-order valence-electron chi connectivity index (χ0n) is 16.0. The van der Waals surface area contributed by atoms with Crippen molar-refractivity contribution in [3.05, 3.63) is 64.4 Å². The van der Waals surface area contributed by atoms with Crippen LogP contribution in [0.1, 0.15) is 5.56 Å². The number of ether oxygens (including phenoxy) is 2. The highest BCUT2D eigenvalue weighted by molar-refractivity contribution is 5.75. The predicted molar refractivity (Wildman–Crippen MR) is 102 cm³/mol. The number of carbonyl (C=O) groups is 1. The zero-order valence-corrected chi connectivity index (χ0v) is 16.0. The average Bonchev–Trinajstić information content (AvgIpc) is 3.08. The number of aromatic nitrogens is 2. The lowest BCUT2D eigenvalue weighted by molar-refractivity contribution is -0.121. The lowest BCUT2D eigenvalue weighted by Gasteiger charge is -2.10. The smallest absolute Gasteiger partial charge is 0.437 e. The number of rotatable bonds is 8. The van der Waals surface area contributed by atoms with E-state index >= 15 is 0 Å². The second-order valence-corrected chi connectivity index (χ2v) is 6.13. The normalized spacial score (nSPS) is 10.6. The molecule has 1 amide bonds. The summed E-state index contributed by atoms with van der Waals surface area (Å²) < 4.78 is 29.4. The van der Waals surface area contributed by atoms with Crippen LogP contribution in [0.5, 0.6) is 11.5 Å². The average molecular weight is 401 g/mol. The summed E-state index contributed by atoms with van der Waals surface area (Å²) in [5.74, 6) is -0.301. The van der Waals surface area contributed by atoms with Crippen molar-refractivity contribution in [3.63, 3.8) is 0 Å². The summed E-state index contributed by atoms with van der Waals surface area (Å²) in [5, 5.41) is 6.71. The van der Waals surface area contributed by atoms with E-state index in [-0.39, 0.29) is 18.3 Å². The monoisotopic (exact) mass is 401 g/mol. The fourth-order valence-electron chi connectivity index (χ4n) is 2.69. The quantitative estimate of drug-likeness (QED) is 0.621. The number of amides is 1. The highest BCUT2D eigenvalue weighted by atomic mass is 19.1. The minimum absolute atomic E-state index is 0.0214. The van der Waals surface area contributed by atoms with Crippen molar-refractivity contribution in [1.82, 2.24) is 15.1 Å². The molecule has 29 heavy (non-hydrogen) atoms. The molecule has 152 valence electrons. The molecule has 3 aromatic rings. The van der Waals surface area contributed by atoms with Crippen LogP contribution < -0.4 is 20.5 Å². The van der Waals surface area contributed by atoms with E-state index in [1.807, 2.05) is 12.1 Å². The molecule has 2 aromatic carbocycles. The van der Waals surface area contributed by atoms with Gasteiger partial charge in [-0.3, -0.25) is 4.79 Å². The summed E-state index contributed by atoms with van der Waals surface area (Å²) in [7, 11) is 3.12. The van der Waals surface area contributed by atoms with Crippen LogP contribution in [0.25, 0.3) is 11.5 Å². The third kappa shape index (κ3) is 5.01. The lowest BCUT2D eigenvalue weighted by atomic mass is 10.1. The summed E-state index contributed by atoms with van der Waals surface area (Å²) >= 11 is 0. The molecule has 3 rings (SSSR count). The van der Waals surface area contributed by atoms with Gasteiger partial charge in [0, 0.05) is 12.1 Å². The summed E-state index contributed by atoms with van der Waals surface area (Å²) in [6, 6.07) is 10.8. The number of halogens is 1. The van der Waals surface area contributed by atoms with E-state index in [0.29, 0.717) is 30.0 Å². The fourth-order valence-corrected chi connectivity index (χ4v) is 2.69. The van der Waals surface area contributed by atoms with Crippen molar-refractivity contribution >= 4 is 5.91 Å². The standard InChI is InChI=1S/C20H20FN3O5/c1-27-16-8-3-13(11-17(16)28-2)9-10-22-18(25)12-24-20(26)29-19(23-24)14-4-6-15(21)7-5-14/h3-8,11H,9-10,12H2,1-2H3,(H,22,25). The van der Waals surface area contributed by atoms with Gasteiger partial charge in [-0.2, -0.15) is 4.68 Å². The van der Waals surface area contributed by atoms with Crippen molar-refractivity contribution in [1.29, 1.82) is 0 Å². The first kappa shape index (κ1) is 20.1. The minimum Gasteiger partial charge on any atom is -0.493 e. The molecule has 9 heteroatoms. The van der Waals surface area contributed by atoms with Crippen LogP contribution in [-0.4, -0.2) is 36.5 Å². The van der Waals surface area contributed by atoms with Gasteiger partial charge in [0.25, 0.3) is 0 Å². The number of nitrogens with one attached hydrogen (secondary N) is 1. The minimum atomic E-state index is -0.764. The van der Waals surface area contributed by atoms with Crippen LogP contribution in [0.2, 0.25) is 0 Å². The first-order valence-electron chi connectivity index (χ1n) is 8.81. The predicted octanol–water partition coefficient (Wildman–Crippen LogP) is 2.02. The van der Waals surface area contributed by atoms with Gasteiger partial charge in [0.15, 0.2) is 11.5 Å². The number of hydrogen-bond donors (Lipinski definition) is 1. The number of hydrogen-bond acceptors (Lipinski definition) is 6. The van der Waals surface area contributed by atoms with Crippen LogP contribution in [0.3, 0.4) is 0 Å². The molecule has 0 spiro atoms. The fraction of sp³-hybridized carbons (Fsp3) is 0.250. The molecule has 0 aliphatic heterocycles. The molecule has 0 aliphatic rings. The molecular weight excluding hydrogens is 381 g/mol. The van der Waals surface area contributed by atoms with Crippen molar-refractivity contribution in [3.8, 4) is 23.0 Å². The third-order valence-corrected chi connectivity index (χ3v) is 4.17. The third-order valence-electron chi connectivity index (χ3n) is 4.17. The Kier molecular flexibility index (Phi) is 6.28. The van der Waals surface area contributed by atoms with Crippen molar-refractivity contribution < 1.29 is 23.1 Å². The molecule has 8 nitrogen and oxygen atoms in total. The number of methoxy groups -OCH3 is 2. The van der Waals surface area contributed by atoms with E-state index in [1.54, 1.807) is 20.3 Å². The van der Waals surface area contributed by atoms with Gasteiger partial charge < -0.3 is 19.2 Å². The van der Waals surface area contributed by atoms with Gasteiger partial charge in [0.05, 0.1) is 14.2 Å². The van der Waals surface area contributed by atoms with E-state index in [9.17, 15) is 14.0 Å². The highest BCUT2D eigenvalue weighted by Crippen LogP contribution is 2.27. The Hall–Kier alpha value is -3.62. The second-order valence-electron chi connectivity index (χ2n) is 6.13. The van der Waals surface area contributed by atoms with Gasteiger partial charge in [0.1, 0.15) is 12.4 Å². The Morgan fingerprint density at radius 3 is 2.55 bits per heavy atom. The molecule has 0 saturated carbocycles. The molecule has 0 fully saturated rings. The highest BCUT2D eigenvalue weighted by Gasteiger charge is 2.13. The SMILES string of the molecule is COc1ccc(CCNC(=O)Cn2nc(-c3ccc(F)cc3)oc2=O)cc1OC. The first-order chi connectivity index (χ1) is 14.0. The Morgan fingerprint density at radius 1 is 1.14 bits per heavy atom. The van der Waals surface area contributed by atoms with E-state index in [4.69, 9.17) is 13.9 Å². The molecule has 0 saturated heterocycles. The molecule has 0 unspecified atom stereocenters. The maximum Gasteiger partial charge on any atom is 0.437 e. The Labute approximate surface area is 165 Å². The summed E-state index contributed by atoms with van der Waals surface area (Å²) in [6.45, 7) is 0.0845. The van der Waals surface area contributed by atoms with E-state index in [0.717, 1.165) is 10.2 Å². The first-order valence-corrected chi connectivity index (χ1v) is 8.81. The van der Waals surface area contributed by atoms with Gasteiger partial charge in [-0.15, -0.1) is 5.10 Å². The van der Waals surface area contributed by atoms with E-state index < -0.39 is 11.6 Å². The Morgan fingerprint density at radius 2 is 1.86 bits per heavy atom. The van der Waals surface area contributed by atoms with Gasteiger partial charge in [0.2, 0.25) is 11.8 Å². The molecule has 1 N–H and O–H groups in total. The maximum atomic E-state index is 13.0. The molecule has 0 bridgehead atoms. The lowest BCUT2D eigenvalue weighted by Crippen LogP contribution is -2.32. The van der Waals surface area contributed by atoms with Crippen LogP contribution in [-0.2, 0) is 17.8 Å². The topological polar surface area (TPSA) is 95.6 Å². The Balaban J connectivity index is 1.56. The maximum absolute atomic E-state index is 13.0. The Bertz CT molecular complexity index is 1040. The molecule has 1 aromatic heterocycles. The number of carbonyl (C=O) groups excluding carboxylic acids is 1. The zero-order chi connectivity index (χ0) is 20.8. The number of nitrogens with zero attached hydrogens (tertiary/aromatic N) is 2. The van der Waals surface area contributed by atoms with Crippen LogP contribution in [0, 0.1) is 5.82 Å². The molecule has 0 aliphatic carbocycles. The van der Waals surface area contributed by atoms with Crippen molar-refractivity contribution in [2.45, 2.75) is 13.0 Å². The van der Waals surface area contributed by atoms with Gasteiger partial charge in [-0.05, 0) is 48.4 Å². The summed E-state index contributed by atoms with van der Waals surface area (Å²) in [5.41, 5.74) is 1.40. The van der Waals surface area contributed by atoms with Gasteiger partial charge >= 0.3 is 5.76 Å². The van der Waals surface area contributed by atoms with Crippen molar-refractivity contribution in [2.24, 2.45) is 0 Å². The summed E-state index contributed by atoms with van der Waals surface area (Å²) in [6.07, 6.45) is 0.570. The van der Waals surface area contributed by atoms with Crippen LogP contribution in [0.15, 0.2) is 51.7 Å². The van der Waals surface area contributed by atoms with Gasteiger partial charge in [-0.1, -0.05) is 6.07 Å². The van der Waals surface area contributed by atoms with E-state index in [2.05, 4.69) is 10.4 Å². The number of benzene rings is 2. The molecule has 0 atom stereocenters. The molecule has 1 heterocycles. The largest absolute Gasteiger partial charge is 0.493 e.